The number of pyridine rings is 1. The number of imide groups is 1. The van der Waals surface area contributed by atoms with Gasteiger partial charge in [-0.2, -0.15) is 5.26 Å². The predicted molar refractivity (Wildman–Crippen MR) is 97.6 cm³/mol. The Bertz CT molecular complexity index is 893. The Morgan fingerprint density at radius 1 is 1.35 bits per heavy atom. The first-order valence-corrected chi connectivity index (χ1v) is 8.91. The number of nitrogens with zero attached hydrogens (tertiary/aromatic N) is 3. The van der Waals surface area contributed by atoms with E-state index in [1.165, 1.54) is 16.7 Å². The van der Waals surface area contributed by atoms with Crippen LogP contribution in [0.1, 0.15) is 23.2 Å². The Morgan fingerprint density at radius 2 is 2.08 bits per heavy atom. The average Bonchev–Trinajstić information content (AvgIpc) is 2.89. The van der Waals surface area contributed by atoms with E-state index in [1.807, 2.05) is 13.0 Å². The number of hydrogen-bond donors (Lipinski definition) is 0. The molecule has 2 amide bonds. The molecule has 1 aliphatic heterocycles. The Hall–Kier alpha value is -2.69. The molecule has 1 atom stereocenters. The Labute approximate surface area is 155 Å². The van der Waals surface area contributed by atoms with Crippen molar-refractivity contribution in [2.45, 2.75) is 30.2 Å². The number of aromatic nitrogens is 1. The van der Waals surface area contributed by atoms with Crippen molar-refractivity contribution in [2.24, 2.45) is 0 Å². The van der Waals surface area contributed by atoms with Crippen molar-refractivity contribution in [3.63, 3.8) is 0 Å². The largest absolute Gasteiger partial charge is 0.380 e. The highest BCUT2D eigenvalue weighted by Gasteiger charge is 2.40. The minimum absolute atomic E-state index is 0.0818. The number of carbonyl (C=O) groups is 2. The summed E-state index contributed by atoms with van der Waals surface area (Å²) in [6, 6.07) is 12.8. The minimum Gasteiger partial charge on any atom is -0.380 e. The van der Waals surface area contributed by atoms with Crippen LogP contribution >= 0.6 is 11.8 Å². The fraction of sp³-hybridized carbons (Fsp3) is 0.263. The lowest BCUT2D eigenvalue weighted by Crippen LogP contribution is -2.31. The molecule has 1 saturated heterocycles. The first-order valence-electron chi connectivity index (χ1n) is 8.03. The number of amides is 2. The standard InChI is InChI=1S/C19H17N3O3S/c1-12-8-13(11-25-2)15(10-20)18(21-12)26-16-9-17(23)22(19(16)24)14-6-4-3-5-7-14/h3-8,16H,9,11H2,1-2H3. The lowest BCUT2D eigenvalue weighted by atomic mass is 10.1. The number of anilines is 1. The molecule has 1 aliphatic rings. The molecule has 0 aliphatic carbocycles. The third-order valence-electron chi connectivity index (χ3n) is 3.98. The summed E-state index contributed by atoms with van der Waals surface area (Å²) in [5.41, 5.74) is 2.40. The first kappa shape index (κ1) is 18.1. The summed E-state index contributed by atoms with van der Waals surface area (Å²) in [4.78, 5) is 30.7. The second-order valence-electron chi connectivity index (χ2n) is 5.86. The average molecular weight is 367 g/mol. The highest BCUT2D eigenvalue weighted by molar-refractivity contribution is 8.00. The summed E-state index contributed by atoms with van der Waals surface area (Å²) in [6.45, 7) is 2.11. The molecule has 2 aromatic rings. The second-order valence-corrected chi connectivity index (χ2v) is 7.05. The molecule has 0 N–H and O–H groups in total. The number of benzene rings is 1. The van der Waals surface area contributed by atoms with Crippen LogP contribution in [0.2, 0.25) is 0 Å². The summed E-state index contributed by atoms with van der Waals surface area (Å²) in [6.07, 6.45) is 0.0818. The van der Waals surface area contributed by atoms with E-state index in [9.17, 15) is 14.9 Å². The monoisotopic (exact) mass is 367 g/mol. The number of aryl methyl sites for hydroxylation is 1. The molecule has 3 rings (SSSR count). The lowest BCUT2D eigenvalue weighted by Gasteiger charge is -2.15. The van der Waals surface area contributed by atoms with Crippen molar-refractivity contribution in [3.05, 3.63) is 53.2 Å². The maximum absolute atomic E-state index is 12.8. The van der Waals surface area contributed by atoms with Gasteiger partial charge in [-0.1, -0.05) is 30.0 Å². The van der Waals surface area contributed by atoms with Crippen LogP contribution in [0.3, 0.4) is 0 Å². The molecule has 2 heterocycles. The fourth-order valence-electron chi connectivity index (χ4n) is 2.86. The van der Waals surface area contributed by atoms with Crippen molar-refractivity contribution in [3.8, 4) is 6.07 Å². The number of carbonyl (C=O) groups excluding carboxylic acids is 2. The van der Waals surface area contributed by atoms with Crippen molar-refractivity contribution in [1.29, 1.82) is 5.26 Å². The quantitative estimate of drug-likeness (QED) is 0.756. The van der Waals surface area contributed by atoms with Crippen LogP contribution in [0, 0.1) is 18.3 Å². The van der Waals surface area contributed by atoms with E-state index >= 15 is 0 Å². The number of methoxy groups -OCH3 is 1. The molecular formula is C19H17N3O3S. The minimum atomic E-state index is -0.598. The highest BCUT2D eigenvalue weighted by Crippen LogP contribution is 2.35. The Morgan fingerprint density at radius 3 is 2.73 bits per heavy atom. The van der Waals surface area contributed by atoms with Gasteiger partial charge in [0.2, 0.25) is 11.8 Å². The van der Waals surface area contributed by atoms with Crippen LogP contribution in [0.25, 0.3) is 0 Å². The normalized spacial score (nSPS) is 16.8. The Balaban J connectivity index is 1.90. The van der Waals surface area contributed by atoms with E-state index < -0.39 is 5.25 Å². The molecule has 0 bridgehead atoms. The number of hydrogen-bond acceptors (Lipinski definition) is 6. The van der Waals surface area contributed by atoms with Gasteiger partial charge in [0, 0.05) is 19.2 Å². The summed E-state index contributed by atoms with van der Waals surface area (Å²) in [7, 11) is 1.56. The molecule has 1 aromatic carbocycles. The van der Waals surface area contributed by atoms with Gasteiger partial charge in [0.05, 0.1) is 23.1 Å². The van der Waals surface area contributed by atoms with Crippen molar-refractivity contribution < 1.29 is 14.3 Å². The van der Waals surface area contributed by atoms with Crippen LogP contribution < -0.4 is 4.90 Å². The van der Waals surface area contributed by atoms with Crippen LogP contribution in [0.5, 0.6) is 0 Å². The van der Waals surface area contributed by atoms with Crippen LogP contribution in [0.15, 0.2) is 41.4 Å². The summed E-state index contributed by atoms with van der Waals surface area (Å²) >= 11 is 1.17. The summed E-state index contributed by atoms with van der Waals surface area (Å²) in [5, 5.41) is 9.38. The molecule has 1 fully saturated rings. The van der Waals surface area contributed by atoms with Gasteiger partial charge in [0.25, 0.3) is 0 Å². The summed E-state index contributed by atoms with van der Waals surface area (Å²) < 4.78 is 5.15. The summed E-state index contributed by atoms with van der Waals surface area (Å²) in [5.74, 6) is -0.534. The molecule has 1 unspecified atom stereocenters. The van der Waals surface area contributed by atoms with Crippen molar-refractivity contribution in [1.82, 2.24) is 4.98 Å². The highest BCUT2D eigenvalue weighted by atomic mass is 32.2. The number of nitriles is 1. The second kappa shape index (κ2) is 7.68. The third kappa shape index (κ3) is 3.47. The first-order chi connectivity index (χ1) is 12.5. The van der Waals surface area contributed by atoms with Crippen LogP contribution in [-0.2, 0) is 20.9 Å². The number of para-hydroxylation sites is 1. The predicted octanol–water partition coefficient (Wildman–Crippen LogP) is 2.83. The van der Waals surface area contributed by atoms with E-state index in [0.717, 1.165) is 11.3 Å². The van der Waals surface area contributed by atoms with Crippen LogP contribution in [0.4, 0.5) is 5.69 Å². The van der Waals surface area contributed by atoms with E-state index in [-0.39, 0.29) is 24.8 Å². The van der Waals surface area contributed by atoms with Gasteiger partial charge in [-0.05, 0) is 30.7 Å². The zero-order valence-electron chi connectivity index (χ0n) is 14.4. The van der Waals surface area contributed by atoms with Gasteiger partial charge in [-0.3, -0.25) is 9.59 Å². The van der Waals surface area contributed by atoms with Crippen LogP contribution in [-0.4, -0.2) is 29.2 Å². The van der Waals surface area contributed by atoms with Gasteiger partial charge < -0.3 is 4.74 Å². The van der Waals surface area contributed by atoms with E-state index in [4.69, 9.17) is 4.74 Å². The molecule has 26 heavy (non-hydrogen) atoms. The van der Waals surface area contributed by atoms with E-state index in [0.29, 0.717) is 16.3 Å². The van der Waals surface area contributed by atoms with E-state index in [2.05, 4.69) is 11.1 Å². The molecule has 0 saturated carbocycles. The molecule has 132 valence electrons. The van der Waals surface area contributed by atoms with Crippen molar-refractivity contribution in [2.75, 3.05) is 12.0 Å². The lowest BCUT2D eigenvalue weighted by molar-refractivity contribution is -0.121. The van der Waals surface area contributed by atoms with Gasteiger partial charge in [-0.25, -0.2) is 9.88 Å². The van der Waals surface area contributed by atoms with E-state index in [1.54, 1.807) is 37.4 Å². The van der Waals surface area contributed by atoms with Gasteiger partial charge in [0.15, 0.2) is 0 Å². The SMILES string of the molecule is COCc1cc(C)nc(SC2CC(=O)N(c3ccccc3)C2=O)c1C#N. The third-order valence-corrected chi connectivity index (χ3v) is 5.15. The fourth-order valence-corrected chi connectivity index (χ4v) is 4.06. The molecule has 7 heteroatoms. The Kier molecular flexibility index (Phi) is 5.35. The molecule has 0 radical (unpaired) electrons. The maximum atomic E-state index is 12.8. The van der Waals surface area contributed by atoms with Gasteiger partial charge >= 0.3 is 0 Å². The number of rotatable bonds is 5. The molecular weight excluding hydrogens is 350 g/mol. The number of thioether (sulfide) groups is 1. The smallest absolute Gasteiger partial charge is 0.247 e. The molecule has 6 nitrogen and oxygen atoms in total. The zero-order valence-corrected chi connectivity index (χ0v) is 15.2. The molecule has 1 aromatic heterocycles. The molecule has 0 spiro atoms. The van der Waals surface area contributed by atoms with Crippen molar-refractivity contribution >= 4 is 29.3 Å². The number of ether oxygens (including phenoxy) is 1. The van der Waals surface area contributed by atoms with Gasteiger partial charge in [-0.15, -0.1) is 0 Å². The topological polar surface area (TPSA) is 83.3 Å². The zero-order chi connectivity index (χ0) is 18.7. The maximum Gasteiger partial charge on any atom is 0.247 e. The van der Waals surface area contributed by atoms with Gasteiger partial charge in [0.1, 0.15) is 11.1 Å².